The van der Waals surface area contributed by atoms with Crippen molar-refractivity contribution < 1.29 is 4.42 Å². The molecule has 0 aliphatic rings. The number of nitrogens with zero attached hydrogens (tertiary/aromatic N) is 3. The SMILES string of the molecule is CCc1nnc(Cn2ccccc2=O)o1. The molecule has 0 fully saturated rings. The van der Waals surface area contributed by atoms with Crippen molar-refractivity contribution in [2.24, 2.45) is 0 Å². The Hall–Kier alpha value is -1.91. The molecule has 2 heterocycles. The molecule has 15 heavy (non-hydrogen) atoms. The number of aromatic nitrogens is 3. The van der Waals surface area contributed by atoms with Crippen LogP contribution in [0, 0.1) is 0 Å². The van der Waals surface area contributed by atoms with E-state index in [0.717, 1.165) is 0 Å². The van der Waals surface area contributed by atoms with E-state index in [1.807, 2.05) is 6.92 Å². The van der Waals surface area contributed by atoms with E-state index in [4.69, 9.17) is 4.42 Å². The van der Waals surface area contributed by atoms with Crippen LogP contribution in [0.4, 0.5) is 0 Å². The maximum absolute atomic E-state index is 11.4. The highest BCUT2D eigenvalue weighted by molar-refractivity contribution is 4.95. The van der Waals surface area contributed by atoms with Gasteiger partial charge in [0.25, 0.3) is 5.56 Å². The molecule has 0 N–H and O–H groups in total. The predicted molar refractivity (Wildman–Crippen MR) is 53.5 cm³/mol. The van der Waals surface area contributed by atoms with Gasteiger partial charge in [-0.25, -0.2) is 0 Å². The molecule has 2 aromatic heterocycles. The summed E-state index contributed by atoms with van der Waals surface area (Å²) >= 11 is 0. The molecule has 5 heteroatoms. The van der Waals surface area contributed by atoms with Crippen molar-refractivity contribution in [2.75, 3.05) is 0 Å². The van der Waals surface area contributed by atoms with Crippen molar-refractivity contribution in [3.63, 3.8) is 0 Å². The van der Waals surface area contributed by atoms with E-state index < -0.39 is 0 Å². The molecule has 0 saturated heterocycles. The van der Waals surface area contributed by atoms with Gasteiger partial charge >= 0.3 is 0 Å². The Kier molecular flexibility index (Phi) is 2.62. The van der Waals surface area contributed by atoms with E-state index in [0.29, 0.717) is 24.7 Å². The average Bonchev–Trinajstić information content (AvgIpc) is 2.69. The molecule has 0 unspecified atom stereocenters. The maximum atomic E-state index is 11.4. The number of pyridine rings is 1. The lowest BCUT2D eigenvalue weighted by molar-refractivity contribution is 0.440. The van der Waals surface area contributed by atoms with Gasteiger partial charge in [-0.1, -0.05) is 13.0 Å². The van der Waals surface area contributed by atoms with Crippen LogP contribution in [0.25, 0.3) is 0 Å². The van der Waals surface area contributed by atoms with Gasteiger partial charge in [-0.05, 0) is 6.07 Å². The summed E-state index contributed by atoms with van der Waals surface area (Å²) in [6, 6.07) is 4.99. The molecule has 0 radical (unpaired) electrons. The van der Waals surface area contributed by atoms with Crippen LogP contribution in [0.15, 0.2) is 33.6 Å². The van der Waals surface area contributed by atoms with E-state index in [1.165, 1.54) is 10.6 Å². The van der Waals surface area contributed by atoms with Crippen molar-refractivity contribution in [1.82, 2.24) is 14.8 Å². The molecule has 78 valence electrons. The summed E-state index contributed by atoms with van der Waals surface area (Å²) in [5, 5.41) is 7.68. The first-order valence-electron chi connectivity index (χ1n) is 4.76. The third-order valence-corrected chi connectivity index (χ3v) is 2.02. The fourth-order valence-electron chi connectivity index (χ4n) is 1.23. The largest absolute Gasteiger partial charge is 0.423 e. The van der Waals surface area contributed by atoms with Crippen molar-refractivity contribution in [3.05, 3.63) is 46.5 Å². The zero-order chi connectivity index (χ0) is 10.7. The number of aryl methyl sites for hydroxylation is 1. The molecule has 0 aromatic carbocycles. The summed E-state index contributed by atoms with van der Waals surface area (Å²) < 4.78 is 6.83. The molecule has 0 spiro atoms. The molecule has 0 atom stereocenters. The summed E-state index contributed by atoms with van der Waals surface area (Å²) in [5.74, 6) is 1.05. The third-order valence-electron chi connectivity index (χ3n) is 2.02. The molecule has 2 aromatic rings. The Morgan fingerprint density at radius 3 is 2.80 bits per heavy atom. The lowest BCUT2D eigenvalue weighted by Crippen LogP contribution is -2.18. The molecule has 0 aliphatic carbocycles. The van der Waals surface area contributed by atoms with E-state index >= 15 is 0 Å². The lowest BCUT2D eigenvalue weighted by Gasteiger charge is -1.99. The summed E-state index contributed by atoms with van der Waals surface area (Å²) in [6.45, 7) is 2.26. The summed E-state index contributed by atoms with van der Waals surface area (Å²) in [4.78, 5) is 11.4. The van der Waals surface area contributed by atoms with Gasteiger partial charge in [-0.15, -0.1) is 10.2 Å². The van der Waals surface area contributed by atoms with E-state index in [2.05, 4.69) is 10.2 Å². The zero-order valence-electron chi connectivity index (χ0n) is 8.38. The fraction of sp³-hybridized carbons (Fsp3) is 0.300. The van der Waals surface area contributed by atoms with Crippen LogP contribution >= 0.6 is 0 Å². The first kappa shape index (κ1) is 9.64. The average molecular weight is 205 g/mol. The van der Waals surface area contributed by atoms with Crippen LogP contribution in [0.2, 0.25) is 0 Å². The molecule has 0 aliphatic heterocycles. The molecule has 0 bridgehead atoms. The van der Waals surface area contributed by atoms with Gasteiger partial charge in [-0.2, -0.15) is 0 Å². The van der Waals surface area contributed by atoms with Gasteiger partial charge < -0.3 is 8.98 Å². The monoisotopic (exact) mass is 205 g/mol. The molecule has 0 amide bonds. The second-order valence-electron chi connectivity index (χ2n) is 3.11. The smallest absolute Gasteiger partial charge is 0.250 e. The van der Waals surface area contributed by atoms with E-state index in [-0.39, 0.29) is 5.56 Å². The molecule has 0 saturated carbocycles. The topological polar surface area (TPSA) is 60.9 Å². The Morgan fingerprint density at radius 2 is 2.13 bits per heavy atom. The second-order valence-corrected chi connectivity index (χ2v) is 3.11. The minimum Gasteiger partial charge on any atom is -0.423 e. The van der Waals surface area contributed by atoms with Crippen LogP contribution < -0.4 is 5.56 Å². The molecular formula is C10H11N3O2. The fourth-order valence-corrected chi connectivity index (χ4v) is 1.23. The summed E-state index contributed by atoms with van der Waals surface area (Å²) in [6.07, 6.45) is 2.40. The molecular weight excluding hydrogens is 194 g/mol. The lowest BCUT2D eigenvalue weighted by atomic mass is 10.4. The first-order valence-corrected chi connectivity index (χ1v) is 4.76. The Labute approximate surface area is 86.4 Å². The molecule has 2 rings (SSSR count). The quantitative estimate of drug-likeness (QED) is 0.745. The predicted octanol–water partition coefficient (Wildman–Crippen LogP) is 0.842. The van der Waals surface area contributed by atoms with Crippen LogP contribution in [-0.4, -0.2) is 14.8 Å². The maximum Gasteiger partial charge on any atom is 0.250 e. The number of hydrogen-bond donors (Lipinski definition) is 0. The van der Waals surface area contributed by atoms with Crippen molar-refractivity contribution >= 4 is 0 Å². The summed E-state index contributed by atoms with van der Waals surface area (Å²) in [7, 11) is 0. The third kappa shape index (κ3) is 2.12. The van der Waals surface area contributed by atoms with Crippen molar-refractivity contribution in [1.29, 1.82) is 0 Å². The minimum atomic E-state index is -0.0752. The van der Waals surface area contributed by atoms with Crippen molar-refractivity contribution in [2.45, 2.75) is 19.9 Å². The van der Waals surface area contributed by atoms with Gasteiger partial charge in [0, 0.05) is 18.7 Å². The first-order chi connectivity index (χ1) is 7.29. The second kappa shape index (κ2) is 4.08. The Bertz CT molecular complexity index is 501. The Morgan fingerprint density at radius 1 is 1.33 bits per heavy atom. The van der Waals surface area contributed by atoms with Gasteiger partial charge in [0.2, 0.25) is 11.8 Å². The summed E-state index contributed by atoms with van der Waals surface area (Å²) in [5.41, 5.74) is -0.0752. The van der Waals surface area contributed by atoms with Crippen molar-refractivity contribution in [3.8, 4) is 0 Å². The molecule has 5 nitrogen and oxygen atoms in total. The Balaban J connectivity index is 2.22. The highest BCUT2D eigenvalue weighted by atomic mass is 16.4. The van der Waals surface area contributed by atoms with E-state index in [1.54, 1.807) is 18.3 Å². The van der Waals surface area contributed by atoms with Crippen LogP contribution in [0.3, 0.4) is 0 Å². The van der Waals surface area contributed by atoms with Gasteiger partial charge in [0.05, 0.1) is 0 Å². The highest BCUT2D eigenvalue weighted by Crippen LogP contribution is 2.01. The number of rotatable bonds is 3. The van der Waals surface area contributed by atoms with Crippen LogP contribution in [0.5, 0.6) is 0 Å². The van der Waals surface area contributed by atoms with Crippen LogP contribution in [0.1, 0.15) is 18.7 Å². The van der Waals surface area contributed by atoms with Gasteiger partial charge in [-0.3, -0.25) is 4.79 Å². The number of hydrogen-bond acceptors (Lipinski definition) is 4. The standard InChI is InChI=1S/C10H11N3O2/c1-2-8-11-12-9(15-8)7-13-6-4-3-5-10(13)14/h3-6H,2,7H2,1H3. The zero-order valence-corrected chi connectivity index (χ0v) is 8.38. The van der Waals surface area contributed by atoms with Gasteiger partial charge in [0.1, 0.15) is 6.54 Å². The minimum absolute atomic E-state index is 0.0752. The highest BCUT2D eigenvalue weighted by Gasteiger charge is 2.05. The van der Waals surface area contributed by atoms with Crippen LogP contribution in [-0.2, 0) is 13.0 Å². The van der Waals surface area contributed by atoms with Gasteiger partial charge in [0.15, 0.2) is 0 Å². The normalized spacial score (nSPS) is 10.5. The van der Waals surface area contributed by atoms with E-state index in [9.17, 15) is 4.79 Å².